The lowest BCUT2D eigenvalue weighted by molar-refractivity contribution is -0.156. The Morgan fingerprint density at radius 2 is 1.73 bits per heavy atom. The fraction of sp³-hybridized carbons (Fsp3) is 1.00. The maximum absolute atomic E-state index is 10.8. The van der Waals surface area contributed by atoms with Gasteiger partial charge in [0, 0.05) is 20.6 Å². The summed E-state index contributed by atoms with van der Waals surface area (Å²) in [6.45, 7) is 1.58. The molecule has 0 aromatic rings. The van der Waals surface area contributed by atoms with E-state index in [0.29, 0.717) is 0 Å². The second-order valence-corrected chi connectivity index (χ2v) is 3.79. The molecule has 5 nitrogen and oxygen atoms in total. The summed E-state index contributed by atoms with van der Waals surface area (Å²) in [7, 11) is -1.95. The predicted octanol–water partition coefficient (Wildman–Crippen LogP) is 0.521. The van der Waals surface area contributed by atoms with E-state index in [1.807, 2.05) is 0 Å². The van der Waals surface area contributed by atoms with Crippen LogP contribution in [0.3, 0.4) is 0 Å². The van der Waals surface area contributed by atoms with Crippen molar-refractivity contribution >= 4 is 7.60 Å². The average molecular weight is 184 g/mol. The molecule has 0 heterocycles. The van der Waals surface area contributed by atoms with Crippen molar-refractivity contribution in [3.05, 3.63) is 0 Å². The van der Waals surface area contributed by atoms with Crippen LogP contribution in [0, 0.1) is 0 Å². The predicted molar refractivity (Wildman–Crippen MR) is 39.1 cm³/mol. The third-order valence-electron chi connectivity index (χ3n) is 1.53. The maximum atomic E-state index is 10.8. The molecule has 11 heavy (non-hydrogen) atoms. The molecule has 0 fully saturated rings. The summed E-state index contributed by atoms with van der Waals surface area (Å²) in [6.07, 6.45) is 0.101. The molecule has 0 amide bonds. The summed E-state index contributed by atoms with van der Waals surface area (Å²) in [6, 6.07) is 0. The molecule has 0 aromatic carbocycles. The fourth-order valence-electron chi connectivity index (χ4n) is 0.816. The van der Waals surface area contributed by atoms with Gasteiger partial charge in [-0.1, -0.05) is 6.92 Å². The Bertz CT molecular complexity index is 150. The van der Waals surface area contributed by atoms with Crippen LogP contribution in [0.4, 0.5) is 0 Å². The molecule has 0 saturated carbocycles. The molecule has 0 aliphatic carbocycles. The second-order valence-electron chi connectivity index (χ2n) is 2.02. The van der Waals surface area contributed by atoms with Gasteiger partial charge in [0.25, 0.3) is 5.53 Å². The third kappa shape index (κ3) is 2.01. The molecule has 0 unspecified atom stereocenters. The van der Waals surface area contributed by atoms with E-state index in [1.165, 1.54) is 14.2 Å². The number of hydrogen-bond donors (Lipinski definition) is 2. The van der Waals surface area contributed by atoms with Gasteiger partial charge in [-0.25, -0.2) is 0 Å². The third-order valence-corrected chi connectivity index (χ3v) is 3.10. The molecule has 0 rings (SSSR count). The van der Waals surface area contributed by atoms with Crippen LogP contribution in [0.15, 0.2) is 0 Å². The van der Waals surface area contributed by atoms with E-state index in [1.54, 1.807) is 6.92 Å². The number of ether oxygens (including phenoxy) is 2. The first-order chi connectivity index (χ1) is 4.93. The zero-order chi connectivity index (χ0) is 9.12. The van der Waals surface area contributed by atoms with Crippen LogP contribution in [-0.2, 0) is 14.0 Å². The highest BCUT2D eigenvalue weighted by molar-refractivity contribution is 7.53. The minimum Gasteiger partial charge on any atom is -0.343 e. The highest BCUT2D eigenvalue weighted by Crippen LogP contribution is 2.53. The van der Waals surface area contributed by atoms with E-state index in [0.717, 1.165) is 0 Å². The van der Waals surface area contributed by atoms with Crippen LogP contribution in [0.5, 0.6) is 0 Å². The van der Waals surface area contributed by atoms with Gasteiger partial charge < -0.3 is 19.3 Å². The van der Waals surface area contributed by atoms with Gasteiger partial charge in [0.05, 0.1) is 0 Å². The largest absolute Gasteiger partial charge is 0.384 e. The molecule has 0 radical (unpaired) electrons. The van der Waals surface area contributed by atoms with E-state index in [4.69, 9.17) is 9.79 Å². The monoisotopic (exact) mass is 184 g/mol. The van der Waals surface area contributed by atoms with Crippen molar-refractivity contribution in [2.45, 2.75) is 18.9 Å². The van der Waals surface area contributed by atoms with Crippen LogP contribution in [0.2, 0.25) is 0 Å². The zero-order valence-corrected chi connectivity index (χ0v) is 7.67. The summed E-state index contributed by atoms with van der Waals surface area (Å²) < 4.78 is 20.0. The van der Waals surface area contributed by atoms with Crippen LogP contribution in [0.25, 0.3) is 0 Å². The number of hydrogen-bond acceptors (Lipinski definition) is 3. The first-order valence-electron chi connectivity index (χ1n) is 3.09. The Morgan fingerprint density at radius 1 is 1.36 bits per heavy atom. The topological polar surface area (TPSA) is 76.0 Å². The van der Waals surface area contributed by atoms with E-state index in [9.17, 15) is 4.57 Å². The molecular weight excluding hydrogens is 171 g/mol. The molecule has 0 spiro atoms. The molecule has 0 aromatic heterocycles. The molecule has 0 aliphatic rings. The lowest BCUT2D eigenvalue weighted by atomic mass is 10.5. The van der Waals surface area contributed by atoms with Crippen molar-refractivity contribution in [3.8, 4) is 0 Å². The SMILES string of the molecule is CCC(OC)(OC)P(=O)(O)O. The molecule has 2 N–H and O–H groups in total. The van der Waals surface area contributed by atoms with Crippen molar-refractivity contribution in [2.75, 3.05) is 14.2 Å². The van der Waals surface area contributed by atoms with Gasteiger partial charge in [-0.05, 0) is 0 Å². The lowest BCUT2D eigenvalue weighted by Crippen LogP contribution is -2.32. The fourth-order valence-corrected chi connectivity index (χ4v) is 1.70. The van der Waals surface area contributed by atoms with E-state index in [2.05, 4.69) is 9.47 Å². The first kappa shape index (κ1) is 11.1. The van der Waals surface area contributed by atoms with Crippen molar-refractivity contribution in [1.29, 1.82) is 0 Å². The van der Waals surface area contributed by atoms with Gasteiger partial charge >= 0.3 is 7.60 Å². The molecule has 6 heteroatoms. The minimum atomic E-state index is -4.35. The van der Waals surface area contributed by atoms with Gasteiger partial charge in [-0.3, -0.25) is 4.57 Å². The van der Waals surface area contributed by atoms with Crippen LogP contribution in [0.1, 0.15) is 13.3 Å². The van der Waals surface area contributed by atoms with Crippen molar-refractivity contribution in [3.63, 3.8) is 0 Å². The Labute approximate surface area is 65.5 Å². The summed E-state index contributed by atoms with van der Waals surface area (Å²) in [5, 5.41) is 0. The summed E-state index contributed by atoms with van der Waals surface area (Å²) in [4.78, 5) is 17.6. The second kappa shape index (κ2) is 3.65. The van der Waals surface area contributed by atoms with Gasteiger partial charge in [0.2, 0.25) is 0 Å². The van der Waals surface area contributed by atoms with Crippen LogP contribution >= 0.6 is 7.60 Å². The quantitative estimate of drug-likeness (QED) is 0.492. The standard InChI is InChI=1S/C5H13O5P/c1-4-5(9-2,10-3)11(6,7)8/h4H2,1-3H3,(H2,6,7,8). The minimum absolute atomic E-state index is 0.101. The highest BCUT2D eigenvalue weighted by atomic mass is 31.2. The van der Waals surface area contributed by atoms with Crippen molar-refractivity contribution < 1.29 is 23.8 Å². The van der Waals surface area contributed by atoms with Gasteiger partial charge in [-0.15, -0.1) is 0 Å². The van der Waals surface area contributed by atoms with Gasteiger partial charge in [0.1, 0.15) is 0 Å². The lowest BCUT2D eigenvalue weighted by Gasteiger charge is -2.29. The van der Waals surface area contributed by atoms with Gasteiger partial charge in [-0.2, -0.15) is 0 Å². The van der Waals surface area contributed by atoms with E-state index < -0.39 is 13.1 Å². The average Bonchev–Trinajstić information content (AvgIpc) is 1.90. The summed E-state index contributed by atoms with van der Waals surface area (Å²) in [5.41, 5.74) is -1.77. The maximum Gasteiger partial charge on any atom is 0.384 e. The molecular formula is C5H13O5P. The smallest absolute Gasteiger partial charge is 0.343 e. The molecule has 0 saturated heterocycles. The molecule has 68 valence electrons. The Kier molecular flexibility index (Phi) is 3.67. The molecule has 0 atom stereocenters. The van der Waals surface area contributed by atoms with Crippen molar-refractivity contribution in [1.82, 2.24) is 0 Å². The first-order valence-corrected chi connectivity index (χ1v) is 4.70. The van der Waals surface area contributed by atoms with Gasteiger partial charge in [0.15, 0.2) is 0 Å². The van der Waals surface area contributed by atoms with E-state index in [-0.39, 0.29) is 6.42 Å². The number of rotatable bonds is 4. The number of methoxy groups -OCH3 is 2. The van der Waals surface area contributed by atoms with E-state index >= 15 is 0 Å². The Balaban J connectivity index is 4.70. The summed E-state index contributed by atoms with van der Waals surface area (Å²) in [5.74, 6) is 0. The molecule has 0 bridgehead atoms. The molecule has 0 aliphatic heterocycles. The zero-order valence-electron chi connectivity index (χ0n) is 6.77. The van der Waals surface area contributed by atoms with Crippen LogP contribution < -0.4 is 0 Å². The highest BCUT2D eigenvalue weighted by Gasteiger charge is 2.46. The Hall–Kier alpha value is 0.0700. The van der Waals surface area contributed by atoms with Crippen molar-refractivity contribution in [2.24, 2.45) is 0 Å². The Morgan fingerprint density at radius 3 is 1.73 bits per heavy atom. The summed E-state index contributed by atoms with van der Waals surface area (Å²) >= 11 is 0. The normalized spacial score (nSPS) is 13.5. The van der Waals surface area contributed by atoms with Crippen LogP contribution in [-0.4, -0.2) is 29.5 Å².